The number of rotatable bonds is 4. The maximum atomic E-state index is 10.8. The Morgan fingerprint density at radius 3 is 2.53 bits per heavy atom. The minimum Gasteiger partial charge on any atom is -0.411 e. The summed E-state index contributed by atoms with van der Waals surface area (Å²) in [6, 6.07) is 1.54. The van der Waals surface area contributed by atoms with Gasteiger partial charge in [-0.05, 0) is 23.5 Å². The van der Waals surface area contributed by atoms with E-state index in [9.17, 15) is 10.1 Å². The Labute approximate surface area is 107 Å². The monoisotopic (exact) mass is 273 g/mol. The van der Waals surface area contributed by atoms with Gasteiger partial charge in [-0.15, -0.1) is 11.3 Å². The number of hydrogen-bond donors (Lipinski definition) is 0. The lowest BCUT2D eigenvalue weighted by Gasteiger charge is -2.35. The fourth-order valence-electron chi connectivity index (χ4n) is 1.07. The van der Waals surface area contributed by atoms with Crippen LogP contribution >= 0.6 is 11.3 Å². The van der Waals surface area contributed by atoms with Gasteiger partial charge in [-0.1, -0.05) is 20.8 Å². The molecule has 0 N–H and O–H groups in total. The normalized spacial score (nSPS) is 12.8. The summed E-state index contributed by atoms with van der Waals surface area (Å²) in [5, 5.41) is 12.6. The molecule has 0 saturated heterocycles. The van der Waals surface area contributed by atoms with E-state index >= 15 is 0 Å². The summed E-state index contributed by atoms with van der Waals surface area (Å²) in [5.41, 5.74) is 0.175. The molecule has 0 bridgehead atoms. The molecule has 1 rings (SSSR count). The topological polar surface area (TPSA) is 52.4 Å². The molecule has 96 valence electrons. The number of thiophene rings is 1. The number of nitrogens with zero attached hydrogens (tertiary/aromatic N) is 1. The third kappa shape index (κ3) is 3.37. The highest BCUT2D eigenvalue weighted by Gasteiger charge is 2.37. The zero-order chi connectivity index (χ0) is 13.3. The molecule has 0 spiro atoms. The second kappa shape index (κ2) is 4.87. The van der Waals surface area contributed by atoms with E-state index in [1.54, 1.807) is 5.38 Å². The molecule has 1 heterocycles. The fraction of sp³-hybridized carbons (Fsp3) is 0.636. The molecule has 0 aliphatic rings. The Morgan fingerprint density at radius 1 is 1.47 bits per heavy atom. The lowest BCUT2D eigenvalue weighted by atomic mass is 10.2. The van der Waals surface area contributed by atoms with Crippen molar-refractivity contribution in [3.8, 4) is 0 Å². The Balaban J connectivity index is 2.74. The lowest BCUT2D eigenvalue weighted by molar-refractivity contribution is -0.385. The van der Waals surface area contributed by atoms with Gasteiger partial charge in [0.05, 0.1) is 11.5 Å². The van der Waals surface area contributed by atoms with E-state index < -0.39 is 8.32 Å². The average Bonchev–Trinajstić information content (AvgIpc) is 2.60. The zero-order valence-electron chi connectivity index (χ0n) is 10.9. The van der Waals surface area contributed by atoms with Crippen LogP contribution in [0.3, 0.4) is 0 Å². The van der Waals surface area contributed by atoms with Crippen molar-refractivity contribution in [3.63, 3.8) is 0 Å². The third-order valence-corrected chi connectivity index (χ3v) is 8.65. The van der Waals surface area contributed by atoms with Crippen molar-refractivity contribution in [2.75, 3.05) is 0 Å². The van der Waals surface area contributed by atoms with E-state index in [0.29, 0.717) is 11.5 Å². The Morgan fingerprint density at radius 2 is 2.06 bits per heavy atom. The molecule has 0 aromatic carbocycles. The van der Waals surface area contributed by atoms with Gasteiger partial charge in [0.25, 0.3) is 5.69 Å². The first kappa shape index (κ1) is 14.3. The predicted molar refractivity (Wildman–Crippen MR) is 73.0 cm³/mol. The molecule has 1 aromatic heterocycles. The van der Waals surface area contributed by atoms with E-state index in [1.807, 2.05) is 0 Å². The highest BCUT2D eigenvalue weighted by molar-refractivity contribution is 7.10. The first-order chi connectivity index (χ1) is 7.65. The fourth-order valence-corrected chi connectivity index (χ4v) is 2.86. The molecule has 0 saturated carbocycles. The van der Waals surface area contributed by atoms with Crippen LogP contribution in [0, 0.1) is 10.1 Å². The van der Waals surface area contributed by atoms with E-state index in [1.165, 1.54) is 17.4 Å². The molecular weight excluding hydrogens is 254 g/mol. The van der Waals surface area contributed by atoms with Crippen LogP contribution in [-0.4, -0.2) is 13.2 Å². The smallest absolute Gasteiger partial charge is 0.285 e. The first-order valence-electron chi connectivity index (χ1n) is 5.50. The van der Waals surface area contributed by atoms with Gasteiger partial charge in [-0.3, -0.25) is 10.1 Å². The van der Waals surface area contributed by atoms with Crippen LogP contribution in [0.5, 0.6) is 0 Å². The van der Waals surface area contributed by atoms with Gasteiger partial charge in [0.1, 0.15) is 4.88 Å². The SMILES string of the molecule is CC(C)(C)[Si](C)(C)OCc1sccc1[N+](=O)[O-]. The summed E-state index contributed by atoms with van der Waals surface area (Å²) in [6.07, 6.45) is 0. The van der Waals surface area contributed by atoms with Crippen molar-refractivity contribution in [1.82, 2.24) is 0 Å². The summed E-state index contributed by atoms with van der Waals surface area (Å²) < 4.78 is 5.97. The second-order valence-electron chi connectivity index (χ2n) is 5.54. The van der Waals surface area contributed by atoms with Crippen LogP contribution < -0.4 is 0 Å². The summed E-state index contributed by atoms with van der Waals surface area (Å²) in [6.45, 7) is 11.1. The van der Waals surface area contributed by atoms with E-state index in [4.69, 9.17) is 4.43 Å². The largest absolute Gasteiger partial charge is 0.411 e. The molecule has 0 aliphatic carbocycles. The summed E-state index contributed by atoms with van der Waals surface area (Å²) in [4.78, 5) is 11.1. The van der Waals surface area contributed by atoms with Crippen LogP contribution in [0.15, 0.2) is 11.4 Å². The van der Waals surface area contributed by atoms with Gasteiger partial charge < -0.3 is 4.43 Å². The maximum absolute atomic E-state index is 10.8. The van der Waals surface area contributed by atoms with Gasteiger partial charge >= 0.3 is 0 Å². The van der Waals surface area contributed by atoms with E-state index in [0.717, 1.165) is 0 Å². The van der Waals surface area contributed by atoms with Gasteiger partial charge in [0.15, 0.2) is 8.32 Å². The maximum Gasteiger partial charge on any atom is 0.285 e. The third-order valence-electron chi connectivity index (χ3n) is 3.29. The molecule has 0 atom stereocenters. The Hall–Kier alpha value is -0.723. The van der Waals surface area contributed by atoms with Crippen molar-refractivity contribution in [3.05, 3.63) is 26.4 Å². The highest BCUT2D eigenvalue weighted by atomic mass is 32.1. The predicted octanol–water partition coefficient (Wildman–Crippen LogP) is 4.18. The van der Waals surface area contributed by atoms with Crippen LogP contribution in [-0.2, 0) is 11.0 Å². The molecule has 0 radical (unpaired) electrons. The highest BCUT2D eigenvalue weighted by Crippen LogP contribution is 2.38. The quantitative estimate of drug-likeness (QED) is 0.470. The summed E-state index contributed by atoms with van der Waals surface area (Å²) in [7, 11) is -1.83. The molecule has 6 heteroatoms. The summed E-state index contributed by atoms with van der Waals surface area (Å²) in [5.74, 6) is 0. The van der Waals surface area contributed by atoms with Gasteiger partial charge in [0, 0.05) is 6.07 Å². The number of hydrogen-bond acceptors (Lipinski definition) is 4. The van der Waals surface area contributed by atoms with Crippen LogP contribution in [0.4, 0.5) is 5.69 Å². The molecule has 17 heavy (non-hydrogen) atoms. The molecule has 0 fully saturated rings. The molecule has 0 amide bonds. The van der Waals surface area contributed by atoms with Crippen molar-refractivity contribution >= 4 is 25.3 Å². The van der Waals surface area contributed by atoms with Crippen LogP contribution in [0.1, 0.15) is 25.6 Å². The van der Waals surface area contributed by atoms with Crippen molar-refractivity contribution in [1.29, 1.82) is 0 Å². The first-order valence-corrected chi connectivity index (χ1v) is 9.28. The summed E-state index contributed by atoms with van der Waals surface area (Å²) >= 11 is 1.38. The minimum absolute atomic E-state index is 0.124. The molecule has 4 nitrogen and oxygen atoms in total. The van der Waals surface area contributed by atoms with Gasteiger partial charge in [0.2, 0.25) is 0 Å². The average molecular weight is 273 g/mol. The second-order valence-corrected chi connectivity index (χ2v) is 11.3. The molecular formula is C11H19NO3SSi. The van der Waals surface area contributed by atoms with Crippen molar-refractivity contribution in [2.24, 2.45) is 0 Å². The minimum atomic E-state index is -1.83. The van der Waals surface area contributed by atoms with Crippen molar-refractivity contribution in [2.45, 2.75) is 45.5 Å². The Bertz CT molecular complexity index is 409. The van der Waals surface area contributed by atoms with E-state index in [-0.39, 0.29) is 15.6 Å². The molecule has 0 aliphatic heterocycles. The van der Waals surface area contributed by atoms with Gasteiger partial charge in [-0.2, -0.15) is 0 Å². The van der Waals surface area contributed by atoms with Crippen LogP contribution in [0.25, 0.3) is 0 Å². The van der Waals surface area contributed by atoms with Crippen LogP contribution in [0.2, 0.25) is 18.1 Å². The van der Waals surface area contributed by atoms with Gasteiger partial charge in [-0.25, -0.2) is 0 Å². The lowest BCUT2D eigenvalue weighted by Crippen LogP contribution is -2.40. The standard InChI is InChI=1S/C11H19NO3SSi/c1-11(2,3)17(4,5)15-8-10-9(12(13)14)6-7-16-10/h6-7H,8H2,1-5H3. The zero-order valence-corrected chi connectivity index (χ0v) is 12.8. The number of nitro groups is 1. The molecule has 0 unspecified atom stereocenters. The molecule has 1 aromatic rings. The van der Waals surface area contributed by atoms with E-state index in [2.05, 4.69) is 33.9 Å². The van der Waals surface area contributed by atoms with Crippen molar-refractivity contribution < 1.29 is 9.35 Å². The Kier molecular flexibility index (Phi) is 4.11.